The summed E-state index contributed by atoms with van der Waals surface area (Å²) >= 11 is 0. The molecule has 0 saturated carbocycles. The highest BCUT2D eigenvalue weighted by Gasteiger charge is 2.25. The molecule has 3 heteroatoms. The van der Waals surface area contributed by atoms with Gasteiger partial charge in [-0.3, -0.25) is 5.41 Å². The van der Waals surface area contributed by atoms with E-state index in [1.807, 2.05) is 7.05 Å². The molecule has 1 heterocycles. The van der Waals surface area contributed by atoms with Crippen molar-refractivity contribution in [3.8, 4) is 0 Å². The molecule has 1 aliphatic heterocycles. The highest BCUT2D eigenvalue weighted by atomic mass is 15.2. The number of hydrogen-bond donors (Lipinski definition) is 1. The molecule has 0 aliphatic carbocycles. The molecular formula is C12H25N3. The summed E-state index contributed by atoms with van der Waals surface area (Å²) in [5.74, 6) is 1.49. The van der Waals surface area contributed by atoms with Gasteiger partial charge in [0.15, 0.2) is 0 Å². The summed E-state index contributed by atoms with van der Waals surface area (Å²) in [6.45, 7) is 9.73. The summed E-state index contributed by atoms with van der Waals surface area (Å²) < 4.78 is 0. The van der Waals surface area contributed by atoms with Crippen LogP contribution >= 0.6 is 0 Å². The van der Waals surface area contributed by atoms with E-state index in [2.05, 4.69) is 37.6 Å². The highest BCUT2D eigenvalue weighted by molar-refractivity contribution is 5.84. The zero-order valence-corrected chi connectivity index (χ0v) is 10.8. The Balaban J connectivity index is 2.42. The molecule has 0 aromatic carbocycles. The summed E-state index contributed by atoms with van der Waals surface area (Å²) in [4.78, 5) is 4.49. The van der Waals surface area contributed by atoms with Gasteiger partial charge in [-0.15, -0.1) is 0 Å². The van der Waals surface area contributed by atoms with Crippen molar-refractivity contribution in [2.75, 3.05) is 33.7 Å². The summed E-state index contributed by atoms with van der Waals surface area (Å²) in [6, 6.07) is 0. The molecule has 1 unspecified atom stereocenters. The van der Waals surface area contributed by atoms with Crippen LogP contribution in [-0.4, -0.2) is 49.4 Å². The lowest BCUT2D eigenvalue weighted by atomic mass is 9.93. The molecule has 1 rings (SSSR count). The minimum Gasteiger partial charge on any atom is -0.363 e. The van der Waals surface area contributed by atoms with Gasteiger partial charge in [0.25, 0.3) is 0 Å². The van der Waals surface area contributed by atoms with Crippen LogP contribution in [0.5, 0.6) is 0 Å². The molecule has 1 aliphatic rings. The number of hydrogen-bond acceptors (Lipinski definition) is 2. The Kier molecular flexibility index (Phi) is 3.77. The molecule has 0 bridgehead atoms. The zero-order valence-electron chi connectivity index (χ0n) is 10.8. The second kappa shape index (κ2) is 4.52. The highest BCUT2D eigenvalue weighted by Crippen LogP contribution is 2.20. The molecule has 0 amide bonds. The molecule has 1 saturated heterocycles. The van der Waals surface area contributed by atoms with Gasteiger partial charge < -0.3 is 9.80 Å². The number of likely N-dealkylation sites (tertiary alicyclic amines) is 1. The monoisotopic (exact) mass is 211 g/mol. The molecule has 0 aromatic heterocycles. The van der Waals surface area contributed by atoms with Gasteiger partial charge in [-0.05, 0) is 25.9 Å². The minimum absolute atomic E-state index is 0.0285. The first-order chi connectivity index (χ1) is 6.80. The maximum Gasteiger partial charge on any atom is 0.101 e. The maximum absolute atomic E-state index is 8.07. The first kappa shape index (κ1) is 12.5. The normalized spacial score (nSPS) is 23.1. The topological polar surface area (TPSA) is 30.3 Å². The molecule has 1 N–H and O–H groups in total. The Bertz CT molecular complexity index is 230. The molecule has 88 valence electrons. The Labute approximate surface area is 94.0 Å². The Morgan fingerprint density at radius 3 is 2.47 bits per heavy atom. The van der Waals surface area contributed by atoms with Crippen molar-refractivity contribution >= 4 is 5.84 Å². The van der Waals surface area contributed by atoms with E-state index in [1.54, 1.807) is 0 Å². The van der Waals surface area contributed by atoms with Gasteiger partial charge >= 0.3 is 0 Å². The van der Waals surface area contributed by atoms with Gasteiger partial charge in [0.1, 0.15) is 5.84 Å². The maximum atomic E-state index is 8.07. The third-order valence-electron chi connectivity index (χ3n) is 3.11. The van der Waals surface area contributed by atoms with Crippen LogP contribution in [-0.2, 0) is 0 Å². The summed E-state index contributed by atoms with van der Waals surface area (Å²) in [5.41, 5.74) is -0.0285. The standard InChI is InChI=1S/C12H25N3/c1-12(2,3)11(13)15(5)9-10-6-7-14(4)8-10/h10,13H,6-9H2,1-5H3. The third-order valence-corrected chi connectivity index (χ3v) is 3.11. The van der Waals surface area contributed by atoms with Gasteiger partial charge in [-0.25, -0.2) is 0 Å². The van der Waals surface area contributed by atoms with Crippen LogP contribution in [0.4, 0.5) is 0 Å². The Morgan fingerprint density at radius 1 is 1.47 bits per heavy atom. The molecule has 3 nitrogen and oxygen atoms in total. The average molecular weight is 211 g/mol. The van der Waals surface area contributed by atoms with Crippen molar-refractivity contribution in [1.82, 2.24) is 9.80 Å². The van der Waals surface area contributed by atoms with Crippen LogP contribution in [0.15, 0.2) is 0 Å². The quantitative estimate of drug-likeness (QED) is 0.558. The summed E-state index contributed by atoms with van der Waals surface area (Å²) in [7, 11) is 4.22. The molecule has 0 radical (unpaired) electrons. The van der Waals surface area contributed by atoms with Gasteiger partial charge in [-0.2, -0.15) is 0 Å². The van der Waals surface area contributed by atoms with Crippen LogP contribution in [0.1, 0.15) is 27.2 Å². The van der Waals surface area contributed by atoms with E-state index in [1.165, 1.54) is 19.5 Å². The SMILES string of the molecule is CN1CCC(CN(C)C(=N)C(C)(C)C)C1. The molecular weight excluding hydrogens is 186 g/mol. The largest absolute Gasteiger partial charge is 0.363 e. The van der Waals surface area contributed by atoms with Gasteiger partial charge in [0.2, 0.25) is 0 Å². The van der Waals surface area contributed by atoms with Crippen molar-refractivity contribution in [2.24, 2.45) is 11.3 Å². The van der Waals surface area contributed by atoms with Crippen molar-refractivity contribution in [3.05, 3.63) is 0 Å². The fourth-order valence-corrected chi connectivity index (χ4v) is 2.23. The van der Waals surface area contributed by atoms with Crippen molar-refractivity contribution in [3.63, 3.8) is 0 Å². The number of amidine groups is 1. The van der Waals surface area contributed by atoms with E-state index in [-0.39, 0.29) is 5.41 Å². The minimum atomic E-state index is -0.0285. The van der Waals surface area contributed by atoms with Crippen LogP contribution in [0, 0.1) is 16.7 Å². The number of rotatable bonds is 2. The third kappa shape index (κ3) is 3.49. The van der Waals surface area contributed by atoms with Crippen LogP contribution in [0.3, 0.4) is 0 Å². The van der Waals surface area contributed by atoms with E-state index in [9.17, 15) is 0 Å². The van der Waals surface area contributed by atoms with E-state index < -0.39 is 0 Å². The number of nitrogens with one attached hydrogen (secondary N) is 1. The van der Waals surface area contributed by atoms with E-state index in [0.29, 0.717) is 0 Å². The van der Waals surface area contributed by atoms with Crippen LogP contribution < -0.4 is 0 Å². The predicted molar refractivity (Wildman–Crippen MR) is 65.4 cm³/mol. The Hall–Kier alpha value is -0.570. The van der Waals surface area contributed by atoms with Crippen molar-refractivity contribution < 1.29 is 0 Å². The lowest BCUT2D eigenvalue weighted by molar-refractivity contribution is 0.336. The van der Waals surface area contributed by atoms with Gasteiger partial charge in [0.05, 0.1) is 0 Å². The lowest BCUT2D eigenvalue weighted by Crippen LogP contribution is -2.39. The molecule has 0 spiro atoms. The van der Waals surface area contributed by atoms with Gasteiger partial charge in [-0.1, -0.05) is 20.8 Å². The smallest absolute Gasteiger partial charge is 0.101 e. The fraction of sp³-hybridized carbons (Fsp3) is 0.917. The second-order valence-electron chi connectivity index (χ2n) is 5.90. The first-order valence-corrected chi connectivity index (χ1v) is 5.79. The summed E-state index contributed by atoms with van der Waals surface area (Å²) in [5, 5.41) is 8.07. The number of nitrogens with zero attached hydrogens (tertiary/aromatic N) is 2. The van der Waals surface area contributed by atoms with Crippen molar-refractivity contribution in [2.45, 2.75) is 27.2 Å². The fourth-order valence-electron chi connectivity index (χ4n) is 2.23. The lowest BCUT2D eigenvalue weighted by Gasteiger charge is -2.31. The average Bonchev–Trinajstić information content (AvgIpc) is 2.48. The molecule has 15 heavy (non-hydrogen) atoms. The summed E-state index contributed by atoms with van der Waals surface area (Å²) in [6.07, 6.45) is 1.28. The second-order valence-corrected chi connectivity index (χ2v) is 5.90. The van der Waals surface area contributed by atoms with Crippen LogP contribution in [0.2, 0.25) is 0 Å². The predicted octanol–water partition coefficient (Wildman–Crippen LogP) is 1.89. The molecule has 0 aromatic rings. The van der Waals surface area contributed by atoms with Crippen molar-refractivity contribution in [1.29, 1.82) is 5.41 Å². The molecule has 1 atom stereocenters. The van der Waals surface area contributed by atoms with E-state index in [4.69, 9.17) is 5.41 Å². The van der Waals surface area contributed by atoms with E-state index >= 15 is 0 Å². The van der Waals surface area contributed by atoms with Crippen LogP contribution in [0.25, 0.3) is 0 Å². The Morgan fingerprint density at radius 2 is 2.07 bits per heavy atom. The first-order valence-electron chi connectivity index (χ1n) is 5.79. The zero-order chi connectivity index (χ0) is 11.6. The van der Waals surface area contributed by atoms with Gasteiger partial charge in [0, 0.05) is 25.6 Å². The molecule has 1 fully saturated rings. The van der Waals surface area contributed by atoms with E-state index in [0.717, 1.165) is 18.3 Å².